The first-order valence-corrected chi connectivity index (χ1v) is 8.05. The van der Waals surface area contributed by atoms with Crippen LogP contribution in [0.1, 0.15) is 40.2 Å². The molecule has 0 aliphatic heterocycles. The van der Waals surface area contributed by atoms with Crippen molar-refractivity contribution in [3.05, 3.63) is 29.8 Å². The Morgan fingerprint density at radius 2 is 1.86 bits per heavy atom. The zero-order valence-electron chi connectivity index (χ0n) is 14.5. The van der Waals surface area contributed by atoms with Gasteiger partial charge >= 0.3 is 0 Å². The third-order valence-corrected chi connectivity index (χ3v) is 3.99. The average molecular weight is 292 g/mol. The predicted molar refractivity (Wildman–Crippen MR) is 90.8 cm³/mol. The molecule has 21 heavy (non-hydrogen) atoms. The summed E-state index contributed by atoms with van der Waals surface area (Å²) in [7, 11) is 2.16. The summed E-state index contributed by atoms with van der Waals surface area (Å²) in [5.74, 6) is 1.63. The zero-order valence-corrected chi connectivity index (χ0v) is 14.5. The van der Waals surface area contributed by atoms with Crippen LogP contribution in [0.5, 0.6) is 5.75 Å². The second-order valence-electron chi connectivity index (χ2n) is 6.50. The third kappa shape index (κ3) is 6.96. The van der Waals surface area contributed by atoms with E-state index in [2.05, 4.69) is 70.1 Å². The molecule has 0 saturated heterocycles. The smallest absolute Gasteiger partial charge is 0.119 e. The summed E-state index contributed by atoms with van der Waals surface area (Å²) in [6, 6.07) is 9.44. The van der Waals surface area contributed by atoms with Crippen LogP contribution in [0.2, 0.25) is 0 Å². The second kappa shape index (κ2) is 9.06. The van der Waals surface area contributed by atoms with Crippen molar-refractivity contribution in [1.29, 1.82) is 0 Å². The summed E-state index contributed by atoms with van der Waals surface area (Å²) in [6.45, 7) is 13.7. The lowest BCUT2D eigenvalue weighted by atomic mass is 10.1. The van der Waals surface area contributed by atoms with Crippen LogP contribution in [0.25, 0.3) is 0 Å². The van der Waals surface area contributed by atoms with E-state index in [1.807, 2.05) is 6.07 Å². The van der Waals surface area contributed by atoms with Crippen LogP contribution in [-0.2, 0) is 6.54 Å². The number of likely N-dealkylation sites (N-methyl/N-ethyl adjacent to an activating group) is 1. The molecule has 0 heterocycles. The molecule has 0 spiro atoms. The highest BCUT2D eigenvalue weighted by molar-refractivity contribution is 5.28. The highest BCUT2D eigenvalue weighted by atomic mass is 16.5. The molecule has 0 radical (unpaired) electrons. The molecule has 1 atom stereocenters. The first-order chi connectivity index (χ1) is 9.90. The maximum absolute atomic E-state index is 5.88. The molecule has 0 amide bonds. The molecule has 1 rings (SSSR count). The molecule has 1 aromatic rings. The van der Waals surface area contributed by atoms with E-state index in [9.17, 15) is 0 Å². The van der Waals surface area contributed by atoms with E-state index in [1.54, 1.807) is 0 Å². The van der Waals surface area contributed by atoms with E-state index in [-0.39, 0.29) is 0 Å². The van der Waals surface area contributed by atoms with Gasteiger partial charge in [0.05, 0.1) is 0 Å². The Morgan fingerprint density at radius 3 is 2.48 bits per heavy atom. The summed E-state index contributed by atoms with van der Waals surface area (Å²) in [6.07, 6.45) is 0. The fourth-order valence-electron chi connectivity index (χ4n) is 2.09. The molecule has 0 bridgehead atoms. The van der Waals surface area contributed by atoms with Gasteiger partial charge in [-0.2, -0.15) is 0 Å². The van der Waals surface area contributed by atoms with E-state index < -0.39 is 0 Å². The van der Waals surface area contributed by atoms with Gasteiger partial charge in [-0.3, -0.25) is 0 Å². The van der Waals surface area contributed by atoms with Gasteiger partial charge in [-0.15, -0.1) is 0 Å². The summed E-state index contributed by atoms with van der Waals surface area (Å²) in [5.41, 5.74) is 1.27. The Labute approximate surface area is 130 Å². The number of hydrogen-bond donors (Lipinski definition) is 1. The van der Waals surface area contributed by atoms with Gasteiger partial charge in [0.2, 0.25) is 0 Å². The minimum Gasteiger partial charge on any atom is -0.492 e. The van der Waals surface area contributed by atoms with Crippen LogP contribution < -0.4 is 10.1 Å². The van der Waals surface area contributed by atoms with Crippen molar-refractivity contribution in [2.75, 3.05) is 20.2 Å². The van der Waals surface area contributed by atoms with Gasteiger partial charge in [0.25, 0.3) is 0 Å². The van der Waals surface area contributed by atoms with E-state index in [4.69, 9.17) is 4.74 Å². The van der Waals surface area contributed by atoms with Gasteiger partial charge < -0.3 is 15.0 Å². The van der Waals surface area contributed by atoms with Gasteiger partial charge in [-0.1, -0.05) is 39.8 Å². The van der Waals surface area contributed by atoms with Crippen LogP contribution in [0, 0.1) is 5.92 Å². The summed E-state index contributed by atoms with van der Waals surface area (Å²) >= 11 is 0. The predicted octanol–water partition coefficient (Wildman–Crippen LogP) is 3.54. The molecule has 120 valence electrons. The van der Waals surface area contributed by atoms with E-state index >= 15 is 0 Å². The highest BCUT2D eigenvalue weighted by Crippen LogP contribution is 2.14. The minimum atomic E-state index is 0.501. The van der Waals surface area contributed by atoms with Crippen molar-refractivity contribution in [1.82, 2.24) is 10.2 Å². The standard InChI is InChI=1S/C18H32N2O/c1-14(2)16(5)20(6)10-11-21-18-9-7-8-17(12-18)13-19-15(3)4/h7-9,12,14-16,19H,10-11,13H2,1-6H3. The number of benzene rings is 1. The Morgan fingerprint density at radius 1 is 1.14 bits per heavy atom. The van der Waals surface area contributed by atoms with E-state index in [1.165, 1.54) is 5.56 Å². The third-order valence-electron chi connectivity index (χ3n) is 3.99. The monoisotopic (exact) mass is 292 g/mol. The molecule has 3 heteroatoms. The summed E-state index contributed by atoms with van der Waals surface area (Å²) < 4.78 is 5.88. The van der Waals surface area contributed by atoms with E-state index in [0.717, 1.165) is 25.4 Å². The van der Waals surface area contributed by atoms with Gasteiger partial charge in [-0.25, -0.2) is 0 Å². The topological polar surface area (TPSA) is 24.5 Å². The van der Waals surface area contributed by atoms with Crippen molar-refractivity contribution in [2.24, 2.45) is 5.92 Å². The lowest BCUT2D eigenvalue weighted by molar-refractivity contribution is 0.170. The Bertz CT molecular complexity index is 404. The van der Waals surface area contributed by atoms with Crippen LogP contribution in [0.15, 0.2) is 24.3 Å². The minimum absolute atomic E-state index is 0.501. The first kappa shape index (κ1) is 18.0. The molecule has 0 fully saturated rings. The number of nitrogens with zero attached hydrogens (tertiary/aromatic N) is 1. The molecule has 0 aliphatic rings. The SMILES string of the molecule is CC(C)NCc1cccc(OCCN(C)C(C)C(C)C)c1. The Balaban J connectivity index is 2.40. The van der Waals surface area contributed by atoms with Crippen LogP contribution in [0.4, 0.5) is 0 Å². The van der Waals surface area contributed by atoms with Crippen molar-refractivity contribution in [3.8, 4) is 5.75 Å². The molecule has 1 aromatic carbocycles. The van der Waals surface area contributed by atoms with Crippen molar-refractivity contribution >= 4 is 0 Å². The fraction of sp³-hybridized carbons (Fsp3) is 0.667. The quantitative estimate of drug-likeness (QED) is 0.753. The first-order valence-electron chi connectivity index (χ1n) is 8.05. The molecule has 0 aromatic heterocycles. The normalized spacial score (nSPS) is 13.2. The van der Waals surface area contributed by atoms with Gasteiger partial charge in [0.15, 0.2) is 0 Å². The van der Waals surface area contributed by atoms with Gasteiger partial charge in [-0.05, 0) is 37.6 Å². The van der Waals surface area contributed by atoms with Crippen molar-refractivity contribution in [3.63, 3.8) is 0 Å². The molecule has 1 N–H and O–H groups in total. The van der Waals surface area contributed by atoms with Crippen molar-refractivity contribution in [2.45, 2.75) is 53.2 Å². The Kier molecular flexibility index (Phi) is 7.76. The van der Waals surface area contributed by atoms with Crippen LogP contribution in [0.3, 0.4) is 0 Å². The number of ether oxygens (including phenoxy) is 1. The molecule has 1 unspecified atom stereocenters. The fourth-order valence-corrected chi connectivity index (χ4v) is 2.09. The Hall–Kier alpha value is -1.06. The number of hydrogen-bond acceptors (Lipinski definition) is 3. The molecular weight excluding hydrogens is 260 g/mol. The summed E-state index contributed by atoms with van der Waals surface area (Å²) in [4.78, 5) is 2.36. The molecule has 3 nitrogen and oxygen atoms in total. The van der Waals surface area contributed by atoms with Crippen LogP contribution in [-0.4, -0.2) is 37.2 Å². The second-order valence-corrected chi connectivity index (χ2v) is 6.50. The lowest BCUT2D eigenvalue weighted by Crippen LogP contribution is -2.36. The highest BCUT2D eigenvalue weighted by Gasteiger charge is 2.12. The molecular formula is C18H32N2O. The van der Waals surface area contributed by atoms with Gasteiger partial charge in [0, 0.05) is 25.2 Å². The van der Waals surface area contributed by atoms with Gasteiger partial charge in [0.1, 0.15) is 12.4 Å². The maximum Gasteiger partial charge on any atom is 0.119 e. The average Bonchev–Trinajstić information content (AvgIpc) is 2.44. The molecule has 0 aliphatic carbocycles. The van der Waals surface area contributed by atoms with Crippen molar-refractivity contribution < 1.29 is 4.74 Å². The molecule has 0 saturated carbocycles. The largest absolute Gasteiger partial charge is 0.492 e. The summed E-state index contributed by atoms with van der Waals surface area (Å²) in [5, 5.41) is 3.43. The van der Waals surface area contributed by atoms with E-state index in [0.29, 0.717) is 18.0 Å². The van der Waals surface area contributed by atoms with Crippen LogP contribution >= 0.6 is 0 Å². The maximum atomic E-state index is 5.88. The zero-order chi connectivity index (χ0) is 15.8. The number of rotatable bonds is 9. The number of nitrogens with one attached hydrogen (secondary N) is 1. The lowest BCUT2D eigenvalue weighted by Gasteiger charge is -2.27.